The van der Waals surface area contributed by atoms with Gasteiger partial charge in [-0.05, 0) is 6.54 Å². The molecule has 0 aliphatic carbocycles. The van der Waals surface area contributed by atoms with Crippen molar-refractivity contribution in [3.05, 3.63) is 11.7 Å². The molecule has 1 rings (SSSR count). The molecule has 86 valence electrons. The Bertz CT molecular complexity index is 298. The second kappa shape index (κ2) is 5.11. The highest BCUT2D eigenvalue weighted by molar-refractivity contribution is 4.86. The molecule has 1 aromatic heterocycles. The number of hydrogen-bond donors (Lipinski definition) is 1. The predicted molar refractivity (Wildman–Crippen MR) is 46.1 cm³/mol. The average molecular weight is 223 g/mol. The van der Waals surface area contributed by atoms with E-state index in [2.05, 4.69) is 20.0 Å². The van der Waals surface area contributed by atoms with E-state index in [1.165, 1.54) is 0 Å². The summed E-state index contributed by atoms with van der Waals surface area (Å²) in [6.07, 6.45) is -5.38. The van der Waals surface area contributed by atoms with Gasteiger partial charge in [0.1, 0.15) is 0 Å². The van der Waals surface area contributed by atoms with Gasteiger partial charge in [-0.3, -0.25) is 0 Å². The maximum absolute atomic E-state index is 11.8. The van der Waals surface area contributed by atoms with Crippen molar-refractivity contribution in [3.63, 3.8) is 0 Å². The van der Waals surface area contributed by atoms with E-state index in [0.29, 0.717) is 12.4 Å². The molecule has 0 saturated carbocycles. The topological polar surface area (TPSA) is 51.0 Å². The van der Waals surface area contributed by atoms with Gasteiger partial charge in [-0.25, -0.2) is 0 Å². The lowest BCUT2D eigenvalue weighted by atomic mass is 10.3. The van der Waals surface area contributed by atoms with E-state index in [0.717, 1.165) is 6.54 Å². The molecule has 0 unspecified atom stereocenters. The van der Waals surface area contributed by atoms with Crippen LogP contribution in [0.1, 0.15) is 25.1 Å². The monoisotopic (exact) mass is 223 g/mol. The SMILES string of the molecule is CCNCc1noc(CCC(F)(F)F)n1. The van der Waals surface area contributed by atoms with Crippen molar-refractivity contribution in [1.82, 2.24) is 15.5 Å². The summed E-state index contributed by atoms with van der Waals surface area (Å²) in [6, 6.07) is 0. The first kappa shape index (κ1) is 12.0. The van der Waals surface area contributed by atoms with E-state index >= 15 is 0 Å². The maximum atomic E-state index is 11.8. The van der Waals surface area contributed by atoms with Crippen molar-refractivity contribution in [2.45, 2.75) is 32.5 Å². The van der Waals surface area contributed by atoms with Gasteiger partial charge in [-0.1, -0.05) is 12.1 Å². The summed E-state index contributed by atoms with van der Waals surface area (Å²) in [5.41, 5.74) is 0. The predicted octanol–water partition coefficient (Wildman–Crippen LogP) is 1.67. The number of nitrogens with zero attached hydrogens (tertiary/aromatic N) is 2. The van der Waals surface area contributed by atoms with Crippen molar-refractivity contribution >= 4 is 0 Å². The lowest BCUT2D eigenvalue weighted by molar-refractivity contribution is -0.134. The Balaban J connectivity index is 2.39. The summed E-state index contributed by atoms with van der Waals surface area (Å²) >= 11 is 0. The first-order valence-corrected chi connectivity index (χ1v) is 4.60. The normalized spacial score (nSPS) is 12.0. The first-order valence-electron chi connectivity index (χ1n) is 4.60. The Labute approximate surface area is 84.9 Å². The third kappa shape index (κ3) is 4.78. The van der Waals surface area contributed by atoms with E-state index in [1.54, 1.807) is 0 Å². The molecule has 1 heterocycles. The molecule has 0 atom stereocenters. The molecule has 1 aromatic rings. The summed E-state index contributed by atoms with van der Waals surface area (Å²) in [6.45, 7) is 3.06. The highest BCUT2D eigenvalue weighted by Crippen LogP contribution is 2.21. The molecule has 0 bridgehead atoms. The van der Waals surface area contributed by atoms with Crippen LogP contribution in [0.4, 0.5) is 13.2 Å². The van der Waals surface area contributed by atoms with Crippen molar-refractivity contribution in [2.75, 3.05) is 6.54 Å². The second-order valence-electron chi connectivity index (χ2n) is 3.00. The highest BCUT2D eigenvalue weighted by Gasteiger charge is 2.27. The number of aromatic nitrogens is 2. The third-order valence-corrected chi connectivity index (χ3v) is 1.67. The summed E-state index contributed by atoms with van der Waals surface area (Å²) in [4.78, 5) is 3.81. The van der Waals surface area contributed by atoms with Gasteiger partial charge in [0, 0.05) is 6.42 Å². The zero-order chi connectivity index (χ0) is 11.3. The molecule has 0 fully saturated rings. The molecule has 0 radical (unpaired) electrons. The van der Waals surface area contributed by atoms with Crippen LogP contribution in [0.3, 0.4) is 0 Å². The van der Waals surface area contributed by atoms with Gasteiger partial charge in [0.05, 0.1) is 13.0 Å². The van der Waals surface area contributed by atoms with E-state index in [4.69, 9.17) is 0 Å². The van der Waals surface area contributed by atoms with E-state index in [-0.39, 0.29) is 12.3 Å². The molecule has 7 heteroatoms. The average Bonchev–Trinajstić information content (AvgIpc) is 2.58. The molecule has 1 N–H and O–H groups in total. The molecular formula is C8H12F3N3O. The number of hydrogen-bond acceptors (Lipinski definition) is 4. The van der Waals surface area contributed by atoms with E-state index in [1.807, 2.05) is 6.92 Å². The van der Waals surface area contributed by atoms with Crippen molar-refractivity contribution in [2.24, 2.45) is 0 Å². The fourth-order valence-corrected chi connectivity index (χ4v) is 0.949. The van der Waals surface area contributed by atoms with Gasteiger partial charge in [0.25, 0.3) is 0 Å². The first-order chi connectivity index (χ1) is 7.01. The summed E-state index contributed by atoms with van der Waals surface area (Å²) in [5.74, 6) is 0.411. The summed E-state index contributed by atoms with van der Waals surface area (Å²) in [7, 11) is 0. The van der Waals surface area contributed by atoms with Crippen LogP contribution in [-0.4, -0.2) is 22.9 Å². The molecule has 15 heavy (non-hydrogen) atoms. The van der Waals surface area contributed by atoms with Crippen LogP contribution in [0.2, 0.25) is 0 Å². The molecule has 0 spiro atoms. The van der Waals surface area contributed by atoms with Crippen LogP contribution in [0.25, 0.3) is 0 Å². The van der Waals surface area contributed by atoms with Gasteiger partial charge in [-0.15, -0.1) is 0 Å². The molecule has 0 saturated heterocycles. The quantitative estimate of drug-likeness (QED) is 0.825. The van der Waals surface area contributed by atoms with Gasteiger partial charge >= 0.3 is 6.18 Å². The molecule has 0 aliphatic heterocycles. The number of nitrogens with one attached hydrogen (secondary N) is 1. The Kier molecular flexibility index (Phi) is 4.07. The van der Waals surface area contributed by atoms with Gasteiger partial charge in [0.15, 0.2) is 5.82 Å². The fraction of sp³-hybridized carbons (Fsp3) is 0.750. The molecule has 0 amide bonds. The van der Waals surface area contributed by atoms with E-state index in [9.17, 15) is 13.2 Å². The molecular weight excluding hydrogens is 211 g/mol. The number of aryl methyl sites for hydroxylation is 1. The van der Waals surface area contributed by atoms with Crippen LogP contribution in [0, 0.1) is 0 Å². The Morgan fingerprint density at radius 2 is 2.13 bits per heavy atom. The summed E-state index contributed by atoms with van der Waals surface area (Å²) < 4.78 is 40.2. The van der Waals surface area contributed by atoms with Crippen LogP contribution < -0.4 is 5.32 Å². The van der Waals surface area contributed by atoms with Crippen LogP contribution in [0.5, 0.6) is 0 Å². The Morgan fingerprint density at radius 1 is 1.40 bits per heavy atom. The zero-order valence-corrected chi connectivity index (χ0v) is 8.26. The lowest BCUT2D eigenvalue weighted by Crippen LogP contribution is -2.13. The van der Waals surface area contributed by atoms with Crippen molar-refractivity contribution in [3.8, 4) is 0 Å². The molecule has 0 aliphatic rings. The smallest absolute Gasteiger partial charge is 0.339 e. The van der Waals surface area contributed by atoms with E-state index < -0.39 is 12.6 Å². The molecule has 0 aromatic carbocycles. The zero-order valence-electron chi connectivity index (χ0n) is 8.26. The van der Waals surface area contributed by atoms with Gasteiger partial charge in [0.2, 0.25) is 5.89 Å². The molecule has 4 nitrogen and oxygen atoms in total. The van der Waals surface area contributed by atoms with Crippen LogP contribution >= 0.6 is 0 Å². The minimum atomic E-state index is -4.18. The lowest BCUT2D eigenvalue weighted by Gasteiger charge is -2.01. The number of alkyl halides is 3. The summed E-state index contributed by atoms with van der Waals surface area (Å²) in [5, 5.41) is 6.48. The van der Waals surface area contributed by atoms with Crippen LogP contribution in [0.15, 0.2) is 4.52 Å². The largest absolute Gasteiger partial charge is 0.389 e. The van der Waals surface area contributed by atoms with Gasteiger partial charge < -0.3 is 9.84 Å². The minimum absolute atomic E-state index is 0.0280. The highest BCUT2D eigenvalue weighted by atomic mass is 19.4. The van der Waals surface area contributed by atoms with Crippen molar-refractivity contribution in [1.29, 1.82) is 0 Å². The minimum Gasteiger partial charge on any atom is -0.339 e. The second-order valence-corrected chi connectivity index (χ2v) is 3.00. The van der Waals surface area contributed by atoms with Crippen molar-refractivity contribution < 1.29 is 17.7 Å². The van der Waals surface area contributed by atoms with Crippen LogP contribution in [-0.2, 0) is 13.0 Å². The maximum Gasteiger partial charge on any atom is 0.389 e. The third-order valence-electron chi connectivity index (χ3n) is 1.67. The fourth-order valence-electron chi connectivity index (χ4n) is 0.949. The number of rotatable bonds is 5. The van der Waals surface area contributed by atoms with Gasteiger partial charge in [-0.2, -0.15) is 18.2 Å². The Morgan fingerprint density at radius 3 is 2.73 bits per heavy atom. The standard InChI is InChI=1S/C8H12F3N3O/c1-2-12-5-6-13-7(15-14-6)3-4-8(9,10)11/h12H,2-5H2,1H3. The Hall–Kier alpha value is -1.11. The number of halogens is 3.